The van der Waals surface area contributed by atoms with Crippen LogP contribution in [0.1, 0.15) is 16.7 Å². The van der Waals surface area contributed by atoms with Crippen LogP contribution in [-0.4, -0.2) is 23.8 Å². The van der Waals surface area contributed by atoms with Crippen LogP contribution >= 0.6 is 0 Å². The van der Waals surface area contributed by atoms with Gasteiger partial charge in [-0.15, -0.1) is 0 Å². The van der Waals surface area contributed by atoms with E-state index in [0.717, 1.165) is 11.1 Å². The molecule has 0 radical (unpaired) electrons. The van der Waals surface area contributed by atoms with Crippen LogP contribution in [0.15, 0.2) is 47.6 Å². The summed E-state index contributed by atoms with van der Waals surface area (Å²) in [4.78, 5) is 11.7. The van der Waals surface area contributed by atoms with Crippen molar-refractivity contribution < 1.29 is 14.6 Å². The molecule has 0 heterocycles. The van der Waals surface area contributed by atoms with Crippen molar-refractivity contribution in [3.05, 3.63) is 59.2 Å². The van der Waals surface area contributed by atoms with Gasteiger partial charge in [-0.25, -0.2) is 5.43 Å². The monoisotopic (exact) mass is 298 g/mol. The first kappa shape index (κ1) is 15.6. The molecule has 0 bridgehead atoms. The number of nitrogens with zero attached hydrogens (tertiary/aromatic N) is 1. The molecule has 0 fully saturated rings. The summed E-state index contributed by atoms with van der Waals surface area (Å²) in [6.45, 7) is 3.69. The Kier molecular flexibility index (Phi) is 5.14. The lowest BCUT2D eigenvalue weighted by Gasteiger charge is -2.07. The van der Waals surface area contributed by atoms with Gasteiger partial charge in [-0.3, -0.25) is 4.79 Å². The fourth-order valence-corrected chi connectivity index (χ4v) is 1.85. The highest BCUT2D eigenvalue weighted by molar-refractivity contribution is 5.85. The lowest BCUT2D eigenvalue weighted by Crippen LogP contribution is -2.24. The van der Waals surface area contributed by atoms with Crippen LogP contribution in [0.5, 0.6) is 11.5 Å². The molecule has 0 spiro atoms. The van der Waals surface area contributed by atoms with Crippen molar-refractivity contribution in [1.29, 1.82) is 0 Å². The number of para-hydroxylation sites is 1. The predicted molar refractivity (Wildman–Crippen MR) is 85.3 cm³/mol. The number of carbonyl (C=O) groups is 1. The van der Waals surface area contributed by atoms with Gasteiger partial charge in [0.15, 0.2) is 6.61 Å². The van der Waals surface area contributed by atoms with Crippen molar-refractivity contribution in [1.82, 2.24) is 5.43 Å². The predicted octanol–water partition coefficient (Wildman–Crippen LogP) is 2.54. The van der Waals surface area contributed by atoms with Crippen LogP contribution in [0, 0.1) is 13.8 Å². The van der Waals surface area contributed by atoms with Crippen molar-refractivity contribution in [2.75, 3.05) is 6.61 Å². The maximum Gasteiger partial charge on any atom is 0.277 e. The molecule has 1 amide bonds. The van der Waals surface area contributed by atoms with Crippen molar-refractivity contribution in [3.8, 4) is 11.5 Å². The summed E-state index contributed by atoms with van der Waals surface area (Å²) in [5.74, 6) is 0.407. The van der Waals surface area contributed by atoms with E-state index in [1.807, 2.05) is 32.0 Å². The van der Waals surface area contributed by atoms with Gasteiger partial charge in [0.1, 0.15) is 11.5 Å². The lowest BCUT2D eigenvalue weighted by atomic mass is 10.1. The molecule has 0 aliphatic carbocycles. The first-order chi connectivity index (χ1) is 10.6. The highest BCUT2D eigenvalue weighted by atomic mass is 16.5. The zero-order chi connectivity index (χ0) is 15.9. The Morgan fingerprint density at radius 3 is 2.82 bits per heavy atom. The number of amides is 1. The van der Waals surface area contributed by atoms with Crippen molar-refractivity contribution in [2.24, 2.45) is 5.10 Å². The van der Waals surface area contributed by atoms with Gasteiger partial charge in [0.25, 0.3) is 5.91 Å². The summed E-state index contributed by atoms with van der Waals surface area (Å²) >= 11 is 0. The Morgan fingerprint density at radius 2 is 2.05 bits per heavy atom. The molecule has 0 unspecified atom stereocenters. The zero-order valence-corrected chi connectivity index (χ0v) is 12.5. The molecule has 2 N–H and O–H groups in total. The van der Waals surface area contributed by atoms with E-state index in [4.69, 9.17) is 4.74 Å². The fraction of sp³-hybridized carbons (Fsp3) is 0.176. The molecular weight excluding hydrogens is 280 g/mol. The number of phenols is 1. The number of benzene rings is 2. The smallest absolute Gasteiger partial charge is 0.277 e. The Morgan fingerprint density at radius 1 is 1.27 bits per heavy atom. The Labute approximate surface area is 129 Å². The maximum atomic E-state index is 11.7. The van der Waals surface area contributed by atoms with E-state index in [0.29, 0.717) is 11.3 Å². The largest absolute Gasteiger partial charge is 0.507 e. The van der Waals surface area contributed by atoms with Crippen molar-refractivity contribution in [3.63, 3.8) is 0 Å². The van der Waals surface area contributed by atoms with Gasteiger partial charge in [-0.1, -0.05) is 29.8 Å². The van der Waals surface area contributed by atoms with Crippen LogP contribution in [0.4, 0.5) is 0 Å². The third-order valence-corrected chi connectivity index (χ3v) is 3.03. The molecule has 0 saturated carbocycles. The molecule has 0 aliphatic rings. The quantitative estimate of drug-likeness (QED) is 0.658. The first-order valence-electron chi connectivity index (χ1n) is 6.86. The normalized spacial score (nSPS) is 10.6. The molecule has 22 heavy (non-hydrogen) atoms. The molecule has 0 aliphatic heterocycles. The van der Waals surface area contributed by atoms with Gasteiger partial charge in [0, 0.05) is 5.56 Å². The Hall–Kier alpha value is -2.82. The van der Waals surface area contributed by atoms with Crippen LogP contribution in [0.3, 0.4) is 0 Å². The molecule has 0 atom stereocenters. The minimum atomic E-state index is -0.369. The van der Waals surface area contributed by atoms with Crippen molar-refractivity contribution in [2.45, 2.75) is 13.8 Å². The number of hydrogen-bond donors (Lipinski definition) is 2. The minimum Gasteiger partial charge on any atom is -0.507 e. The molecule has 0 saturated heterocycles. The van der Waals surface area contributed by atoms with E-state index >= 15 is 0 Å². The third kappa shape index (κ3) is 4.34. The highest BCUT2D eigenvalue weighted by Gasteiger charge is 2.03. The number of phenolic OH excluding ortho intramolecular Hbond substituents is 1. The number of carbonyl (C=O) groups excluding carboxylic acids is 1. The van der Waals surface area contributed by atoms with Gasteiger partial charge < -0.3 is 9.84 Å². The van der Waals surface area contributed by atoms with E-state index in [-0.39, 0.29) is 18.3 Å². The molecule has 0 aromatic heterocycles. The maximum absolute atomic E-state index is 11.7. The average Bonchev–Trinajstić information content (AvgIpc) is 2.50. The van der Waals surface area contributed by atoms with E-state index in [1.54, 1.807) is 24.3 Å². The van der Waals surface area contributed by atoms with Crippen LogP contribution < -0.4 is 10.2 Å². The average molecular weight is 298 g/mol. The number of aromatic hydroxyl groups is 1. The van der Waals surface area contributed by atoms with Gasteiger partial charge >= 0.3 is 0 Å². The number of hydrazone groups is 1. The van der Waals surface area contributed by atoms with Gasteiger partial charge in [0.2, 0.25) is 0 Å². The van der Waals surface area contributed by atoms with E-state index < -0.39 is 0 Å². The summed E-state index contributed by atoms with van der Waals surface area (Å²) in [5, 5.41) is 13.5. The number of aryl methyl sites for hydroxylation is 2. The summed E-state index contributed by atoms with van der Waals surface area (Å²) in [5.41, 5.74) is 4.86. The summed E-state index contributed by atoms with van der Waals surface area (Å²) < 4.78 is 5.41. The van der Waals surface area contributed by atoms with Gasteiger partial charge in [0.05, 0.1) is 6.21 Å². The number of hydrogen-bond acceptors (Lipinski definition) is 4. The second-order valence-electron chi connectivity index (χ2n) is 4.91. The van der Waals surface area contributed by atoms with E-state index in [9.17, 15) is 9.90 Å². The van der Waals surface area contributed by atoms with E-state index in [2.05, 4.69) is 10.5 Å². The molecule has 2 rings (SSSR count). The molecule has 114 valence electrons. The standard InChI is InChI=1S/C17H18N2O3/c1-12-7-8-15(20)14(9-12)10-18-19-17(21)11-22-16-6-4-3-5-13(16)2/h3-10,20H,11H2,1-2H3,(H,19,21)/b18-10+. The Balaban J connectivity index is 1.86. The third-order valence-electron chi connectivity index (χ3n) is 3.03. The van der Waals surface area contributed by atoms with Crippen LogP contribution in [0.25, 0.3) is 0 Å². The van der Waals surface area contributed by atoms with Crippen molar-refractivity contribution >= 4 is 12.1 Å². The second-order valence-corrected chi connectivity index (χ2v) is 4.91. The second kappa shape index (κ2) is 7.26. The Bertz CT molecular complexity index is 696. The lowest BCUT2D eigenvalue weighted by molar-refractivity contribution is -0.123. The highest BCUT2D eigenvalue weighted by Crippen LogP contribution is 2.16. The van der Waals surface area contributed by atoms with Crippen LogP contribution in [-0.2, 0) is 4.79 Å². The first-order valence-corrected chi connectivity index (χ1v) is 6.86. The summed E-state index contributed by atoms with van der Waals surface area (Å²) in [6.07, 6.45) is 1.40. The number of ether oxygens (including phenoxy) is 1. The molecule has 2 aromatic carbocycles. The fourth-order valence-electron chi connectivity index (χ4n) is 1.85. The van der Waals surface area contributed by atoms with Gasteiger partial charge in [-0.2, -0.15) is 5.10 Å². The summed E-state index contributed by atoms with van der Waals surface area (Å²) in [7, 11) is 0. The minimum absolute atomic E-state index is 0.111. The summed E-state index contributed by atoms with van der Waals surface area (Å²) in [6, 6.07) is 12.6. The number of rotatable bonds is 5. The van der Waals surface area contributed by atoms with Gasteiger partial charge in [-0.05, 0) is 37.6 Å². The zero-order valence-electron chi connectivity index (χ0n) is 12.5. The molecular formula is C17H18N2O3. The van der Waals surface area contributed by atoms with Crippen LogP contribution in [0.2, 0.25) is 0 Å². The van der Waals surface area contributed by atoms with E-state index in [1.165, 1.54) is 6.21 Å². The molecule has 5 heteroatoms. The SMILES string of the molecule is Cc1ccc(O)c(/C=N/NC(=O)COc2ccccc2C)c1. The molecule has 5 nitrogen and oxygen atoms in total. The molecule has 2 aromatic rings. The topological polar surface area (TPSA) is 70.9 Å². The number of nitrogens with one attached hydrogen (secondary N) is 1.